The van der Waals surface area contributed by atoms with E-state index in [1.54, 1.807) is 0 Å². The van der Waals surface area contributed by atoms with Crippen LogP contribution in [0.1, 0.15) is 31.9 Å². The lowest BCUT2D eigenvalue weighted by atomic mass is 10.1. The standard InChI is InChI=1S/C12H19N3/c1-3-10(7-14-11-4-5-11)6-12-8-13-9-15(12)2/h6,8-9,11,14H,3-5,7H2,1-2H3. The second kappa shape index (κ2) is 4.62. The molecule has 15 heavy (non-hydrogen) atoms. The average molecular weight is 205 g/mol. The van der Waals surface area contributed by atoms with Gasteiger partial charge in [-0.05, 0) is 25.3 Å². The summed E-state index contributed by atoms with van der Waals surface area (Å²) >= 11 is 0. The summed E-state index contributed by atoms with van der Waals surface area (Å²) in [7, 11) is 2.03. The van der Waals surface area contributed by atoms with E-state index in [2.05, 4.69) is 23.3 Å². The number of hydrogen-bond donors (Lipinski definition) is 1. The summed E-state index contributed by atoms with van der Waals surface area (Å²) < 4.78 is 2.05. The van der Waals surface area contributed by atoms with Gasteiger partial charge in [0.15, 0.2) is 0 Å². The molecule has 0 aromatic carbocycles. The lowest BCUT2D eigenvalue weighted by molar-refractivity contribution is 0.722. The Morgan fingerprint density at radius 3 is 3.00 bits per heavy atom. The first-order chi connectivity index (χ1) is 7.29. The Balaban J connectivity index is 1.97. The Hall–Kier alpha value is -1.09. The molecule has 0 unspecified atom stereocenters. The zero-order chi connectivity index (χ0) is 10.7. The van der Waals surface area contributed by atoms with E-state index in [1.165, 1.54) is 24.1 Å². The monoisotopic (exact) mass is 205 g/mol. The Bertz CT molecular complexity index is 348. The largest absolute Gasteiger partial charge is 0.334 e. The molecule has 0 bridgehead atoms. The summed E-state index contributed by atoms with van der Waals surface area (Å²) in [4.78, 5) is 4.11. The van der Waals surface area contributed by atoms with Gasteiger partial charge in [-0.1, -0.05) is 12.5 Å². The smallest absolute Gasteiger partial charge is 0.0948 e. The van der Waals surface area contributed by atoms with Crippen LogP contribution in [0.5, 0.6) is 0 Å². The molecule has 0 amide bonds. The Morgan fingerprint density at radius 2 is 2.47 bits per heavy atom. The van der Waals surface area contributed by atoms with E-state index < -0.39 is 0 Å². The molecule has 0 spiro atoms. The SMILES string of the molecule is CCC(=Cc1cncn1C)CNC1CC1. The lowest BCUT2D eigenvalue weighted by Gasteiger charge is -2.06. The molecule has 1 N–H and O–H groups in total. The second-order valence-electron chi connectivity index (χ2n) is 4.24. The molecular weight excluding hydrogens is 186 g/mol. The molecule has 3 heteroatoms. The molecule has 82 valence electrons. The summed E-state index contributed by atoms with van der Waals surface area (Å²) in [6.07, 6.45) is 9.79. The van der Waals surface area contributed by atoms with E-state index >= 15 is 0 Å². The molecule has 3 nitrogen and oxygen atoms in total. The number of rotatable bonds is 5. The Labute approximate surface area is 91.2 Å². The maximum absolute atomic E-state index is 4.11. The minimum atomic E-state index is 0.784. The van der Waals surface area contributed by atoms with Crippen LogP contribution < -0.4 is 5.32 Å². The van der Waals surface area contributed by atoms with Crippen LogP contribution in [0, 0.1) is 0 Å². The van der Waals surface area contributed by atoms with Crippen LogP contribution in [-0.4, -0.2) is 22.1 Å². The van der Waals surface area contributed by atoms with Crippen molar-refractivity contribution < 1.29 is 0 Å². The third kappa shape index (κ3) is 2.93. The van der Waals surface area contributed by atoms with Gasteiger partial charge in [0.1, 0.15) is 0 Å². The highest BCUT2D eigenvalue weighted by Crippen LogP contribution is 2.19. The molecule has 1 saturated carbocycles. The first-order valence-corrected chi connectivity index (χ1v) is 5.68. The van der Waals surface area contributed by atoms with Crippen molar-refractivity contribution >= 4 is 6.08 Å². The molecule has 0 saturated heterocycles. The molecule has 1 aliphatic rings. The minimum absolute atomic E-state index is 0.784. The Kier molecular flexibility index (Phi) is 3.21. The minimum Gasteiger partial charge on any atom is -0.334 e. The number of nitrogens with one attached hydrogen (secondary N) is 1. The summed E-state index contributed by atoms with van der Waals surface area (Å²) in [5.74, 6) is 0. The lowest BCUT2D eigenvalue weighted by Crippen LogP contribution is -2.19. The van der Waals surface area contributed by atoms with E-state index in [0.29, 0.717) is 0 Å². The van der Waals surface area contributed by atoms with Crippen LogP contribution in [0.4, 0.5) is 0 Å². The molecule has 0 radical (unpaired) electrons. The first kappa shape index (κ1) is 10.4. The first-order valence-electron chi connectivity index (χ1n) is 5.68. The van der Waals surface area contributed by atoms with Gasteiger partial charge in [0.2, 0.25) is 0 Å². The number of imidazole rings is 1. The van der Waals surface area contributed by atoms with E-state index in [0.717, 1.165) is 19.0 Å². The van der Waals surface area contributed by atoms with E-state index in [4.69, 9.17) is 0 Å². The van der Waals surface area contributed by atoms with Crippen LogP contribution in [0.25, 0.3) is 6.08 Å². The third-order valence-electron chi connectivity index (χ3n) is 2.86. The molecule has 1 aliphatic carbocycles. The molecule has 2 rings (SSSR count). The van der Waals surface area contributed by atoms with Gasteiger partial charge < -0.3 is 9.88 Å². The summed E-state index contributed by atoms with van der Waals surface area (Å²) in [5.41, 5.74) is 2.63. The number of nitrogens with zero attached hydrogens (tertiary/aromatic N) is 2. The van der Waals surface area contributed by atoms with Crippen molar-refractivity contribution in [2.75, 3.05) is 6.54 Å². The van der Waals surface area contributed by atoms with Crippen LogP contribution in [0.2, 0.25) is 0 Å². The van der Waals surface area contributed by atoms with Crippen molar-refractivity contribution in [1.29, 1.82) is 0 Å². The van der Waals surface area contributed by atoms with Gasteiger partial charge in [0, 0.05) is 19.6 Å². The summed E-state index contributed by atoms with van der Waals surface area (Å²) in [6.45, 7) is 3.23. The quantitative estimate of drug-likeness (QED) is 0.796. The van der Waals surface area contributed by atoms with Gasteiger partial charge >= 0.3 is 0 Å². The fraction of sp³-hybridized carbons (Fsp3) is 0.583. The highest BCUT2D eigenvalue weighted by atomic mass is 15.0. The van der Waals surface area contributed by atoms with Crippen LogP contribution >= 0.6 is 0 Å². The molecule has 1 aromatic rings. The van der Waals surface area contributed by atoms with Crippen molar-refractivity contribution in [2.24, 2.45) is 7.05 Å². The predicted octanol–water partition coefficient (Wildman–Crippen LogP) is 1.97. The molecule has 1 heterocycles. The molecule has 1 aromatic heterocycles. The summed E-state index contributed by atoms with van der Waals surface area (Å²) in [5, 5.41) is 3.54. The van der Waals surface area contributed by atoms with Crippen LogP contribution in [0.15, 0.2) is 18.1 Å². The van der Waals surface area contributed by atoms with Gasteiger partial charge in [-0.15, -0.1) is 0 Å². The Morgan fingerprint density at radius 1 is 1.67 bits per heavy atom. The zero-order valence-corrected chi connectivity index (χ0v) is 9.53. The normalized spacial score (nSPS) is 17.1. The molecule has 0 atom stereocenters. The zero-order valence-electron chi connectivity index (χ0n) is 9.53. The van der Waals surface area contributed by atoms with Crippen molar-refractivity contribution in [3.8, 4) is 0 Å². The van der Waals surface area contributed by atoms with Crippen molar-refractivity contribution in [3.05, 3.63) is 23.8 Å². The van der Waals surface area contributed by atoms with Crippen LogP contribution in [-0.2, 0) is 7.05 Å². The van der Waals surface area contributed by atoms with E-state index in [1.807, 2.05) is 24.1 Å². The number of aromatic nitrogens is 2. The van der Waals surface area contributed by atoms with Gasteiger partial charge in [-0.2, -0.15) is 0 Å². The van der Waals surface area contributed by atoms with Gasteiger partial charge in [-0.3, -0.25) is 0 Å². The molecular formula is C12H19N3. The van der Waals surface area contributed by atoms with Gasteiger partial charge in [0.25, 0.3) is 0 Å². The fourth-order valence-corrected chi connectivity index (χ4v) is 1.56. The third-order valence-corrected chi connectivity index (χ3v) is 2.86. The van der Waals surface area contributed by atoms with E-state index in [9.17, 15) is 0 Å². The topological polar surface area (TPSA) is 29.9 Å². The van der Waals surface area contributed by atoms with Crippen molar-refractivity contribution in [1.82, 2.24) is 14.9 Å². The maximum atomic E-state index is 4.11. The maximum Gasteiger partial charge on any atom is 0.0948 e. The van der Waals surface area contributed by atoms with Crippen molar-refractivity contribution in [2.45, 2.75) is 32.2 Å². The highest BCUT2D eigenvalue weighted by molar-refractivity contribution is 5.48. The number of hydrogen-bond acceptors (Lipinski definition) is 2. The van der Waals surface area contributed by atoms with Gasteiger partial charge in [0.05, 0.1) is 18.2 Å². The second-order valence-corrected chi connectivity index (χ2v) is 4.24. The number of aryl methyl sites for hydroxylation is 1. The summed E-state index contributed by atoms with van der Waals surface area (Å²) in [6, 6.07) is 0.784. The fourth-order valence-electron chi connectivity index (χ4n) is 1.56. The van der Waals surface area contributed by atoms with Crippen LogP contribution in [0.3, 0.4) is 0 Å². The highest BCUT2D eigenvalue weighted by Gasteiger charge is 2.20. The average Bonchev–Trinajstić information content (AvgIpc) is 2.98. The molecule has 0 aliphatic heterocycles. The van der Waals surface area contributed by atoms with Gasteiger partial charge in [-0.25, -0.2) is 4.98 Å². The van der Waals surface area contributed by atoms with E-state index in [-0.39, 0.29) is 0 Å². The molecule has 1 fully saturated rings. The predicted molar refractivity (Wildman–Crippen MR) is 62.5 cm³/mol. The van der Waals surface area contributed by atoms with Crippen molar-refractivity contribution in [3.63, 3.8) is 0 Å².